The maximum atomic E-state index is 11.1. The zero-order valence-corrected chi connectivity index (χ0v) is 7.96. The molecule has 0 aliphatic carbocycles. The van der Waals surface area contributed by atoms with Gasteiger partial charge in [-0.25, -0.2) is 0 Å². The van der Waals surface area contributed by atoms with Gasteiger partial charge in [0.2, 0.25) is 5.91 Å². The van der Waals surface area contributed by atoms with Crippen molar-refractivity contribution in [2.75, 3.05) is 13.7 Å². The first-order valence-electron chi connectivity index (χ1n) is 4.14. The lowest BCUT2D eigenvalue weighted by atomic mass is 10.3. The number of rotatable bonds is 5. The molecule has 0 aromatic rings. The van der Waals surface area contributed by atoms with Crippen molar-refractivity contribution in [2.24, 2.45) is 0 Å². The molecule has 0 radical (unpaired) electrons. The molecule has 0 rings (SSSR count). The highest BCUT2D eigenvalue weighted by atomic mass is 16.5. The topological polar surface area (TPSA) is 38.3 Å². The molecule has 0 aliphatic heterocycles. The van der Waals surface area contributed by atoms with E-state index in [0.29, 0.717) is 6.54 Å². The summed E-state index contributed by atoms with van der Waals surface area (Å²) in [6.45, 7) is 4.36. The van der Waals surface area contributed by atoms with Crippen molar-refractivity contribution in [3.8, 4) is 0 Å². The summed E-state index contributed by atoms with van der Waals surface area (Å²) in [6.07, 6.45) is 4.50. The quantitative estimate of drug-likeness (QED) is 0.497. The fourth-order valence-corrected chi connectivity index (χ4v) is 0.696. The fraction of sp³-hybridized carbons (Fsp3) is 0.667. The van der Waals surface area contributed by atoms with E-state index in [-0.39, 0.29) is 12.0 Å². The van der Waals surface area contributed by atoms with E-state index in [2.05, 4.69) is 5.32 Å². The Morgan fingerprint density at radius 3 is 2.83 bits per heavy atom. The molecule has 1 N–H and O–H groups in total. The lowest BCUT2D eigenvalue weighted by Crippen LogP contribution is -2.34. The van der Waals surface area contributed by atoms with E-state index in [0.717, 1.165) is 6.42 Å². The molecule has 70 valence electrons. The summed E-state index contributed by atoms with van der Waals surface area (Å²) < 4.78 is 4.84. The molecule has 1 atom stereocenters. The molecule has 3 nitrogen and oxygen atoms in total. The SMILES string of the molecule is C/C=C/CCNC(=O)C(C)OC. The average molecular weight is 171 g/mol. The van der Waals surface area contributed by atoms with Gasteiger partial charge in [-0.1, -0.05) is 12.2 Å². The van der Waals surface area contributed by atoms with E-state index in [1.165, 1.54) is 7.11 Å². The van der Waals surface area contributed by atoms with Gasteiger partial charge in [-0.2, -0.15) is 0 Å². The molecule has 0 bridgehead atoms. The molecule has 0 spiro atoms. The van der Waals surface area contributed by atoms with Crippen LogP contribution in [0.3, 0.4) is 0 Å². The largest absolute Gasteiger partial charge is 0.372 e. The molecule has 0 saturated carbocycles. The van der Waals surface area contributed by atoms with Crippen LogP contribution in [0.1, 0.15) is 20.3 Å². The van der Waals surface area contributed by atoms with Crippen LogP contribution in [-0.4, -0.2) is 25.7 Å². The smallest absolute Gasteiger partial charge is 0.248 e. The molecule has 1 unspecified atom stereocenters. The van der Waals surface area contributed by atoms with Crippen LogP contribution in [0.15, 0.2) is 12.2 Å². The van der Waals surface area contributed by atoms with Crippen molar-refractivity contribution in [1.29, 1.82) is 0 Å². The van der Waals surface area contributed by atoms with Crippen LogP contribution in [0, 0.1) is 0 Å². The highest BCUT2D eigenvalue weighted by molar-refractivity contribution is 5.80. The van der Waals surface area contributed by atoms with Gasteiger partial charge >= 0.3 is 0 Å². The van der Waals surface area contributed by atoms with Crippen LogP contribution in [0.5, 0.6) is 0 Å². The van der Waals surface area contributed by atoms with E-state index < -0.39 is 0 Å². The van der Waals surface area contributed by atoms with Crippen molar-refractivity contribution >= 4 is 5.91 Å². The Morgan fingerprint density at radius 1 is 1.67 bits per heavy atom. The lowest BCUT2D eigenvalue weighted by molar-refractivity contribution is -0.129. The minimum atomic E-state index is -0.351. The molecule has 0 fully saturated rings. The Bertz CT molecular complexity index is 155. The second-order valence-electron chi connectivity index (χ2n) is 2.53. The Hall–Kier alpha value is -0.830. The van der Waals surface area contributed by atoms with E-state index in [9.17, 15) is 4.79 Å². The summed E-state index contributed by atoms with van der Waals surface area (Å²) >= 11 is 0. The Balaban J connectivity index is 3.43. The summed E-state index contributed by atoms with van der Waals surface area (Å²) in [5.41, 5.74) is 0. The van der Waals surface area contributed by atoms with Gasteiger partial charge < -0.3 is 10.1 Å². The normalized spacial score (nSPS) is 13.2. The van der Waals surface area contributed by atoms with Crippen molar-refractivity contribution in [3.63, 3.8) is 0 Å². The summed E-state index contributed by atoms with van der Waals surface area (Å²) in [5, 5.41) is 2.75. The van der Waals surface area contributed by atoms with E-state index in [4.69, 9.17) is 4.74 Å². The van der Waals surface area contributed by atoms with E-state index >= 15 is 0 Å². The predicted molar refractivity (Wildman–Crippen MR) is 48.9 cm³/mol. The number of hydrogen-bond acceptors (Lipinski definition) is 2. The van der Waals surface area contributed by atoms with Gasteiger partial charge in [0.15, 0.2) is 0 Å². The summed E-state index contributed by atoms with van der Waals surface area (Å²) in [4.78, 5) is 11.1. The van der Waals surface area contributed by atoms with E-state index in [1.54, 1.807) is 6.92 Å². The first-order valence-corrected chi connectivity index (χ1v) is 4.14. The molecule has 3 heteroatoms. The number of allylic oxidation sites excluding steroid dienone is 1. The Kier molecular flexibility index (Phi) is 6.38. The maximum absolute atomic E-state index is 11.1. The van der Waals surface area contributed by atoms with Crippen molar-refractivity contribution in [1.82, 2.24) is 5.32 Å². The molecular weight excluding hydrogens is 154 g/mol. The number of methoxy groups -OCH3 is 1. The molecule has 0 aromatic carbocycles. The van der Waals surface area contributed by atoms with Crippen molar-refractivity contribution < 1.29 is 9.53 Å². The van der Waals surface area contributed by atoms with Crippen molar-refractivity contribution in [3.05, 3.63) is 12.2 Å². The van der Waals surface area contributed by atoms with Crippen LogP contribution < -0.4 is 5.32 Å². The highest BCUT2D eigenvalue weighted by Gasteiger charge is 2.08. The van der Waals surface area contributed by atoms with Gasteiger partial charge in [0, 0.05) is 13.7 Å². The van der Waals surface area contributed by atoms with Gasteiger partial charge in [-0.05, 0) is 20.3 Å². The predicted octanol–water partition coefficient (Wildman–Crippen LogP) is 1.10. The molecule has 0 saturated heterocycles. The number of nitrogens with one attached hydrogen (secondary N) is 1. The first kappa shape index (κ1) is 11.2. The fourth-order valence-electron chi connectivity index (χ4n) is 0.696. The second-order valence-corrected chi connectivity index (χ2v) is 2.53. The summed E-state index contributed by atoms with van der Waals surface area (Å²) in [7, 11) is 1.52. The summed E-state index contributed by atoms with van der Waals surface area (Å²) in [6, 6.07) is 0. The number of ether oxygens (including phenoxy) is 1. The van der Waals surface area contributed by atoms with Crippen molar-refractivity contribution in [2.45, 2.75) is 26.4 Å². The van der Waals surface area contributed by atoms with Crippen LogP contribution in [0.4, 0.5) is 0 Å². The number of carbonyl (C=O) groups excluding carboxylic acids is 1. The molecule has 0 aliphatic rings. The Morgan fingerprint density at radius 2 is 2.33 bits per heavy atom. The van der Waals surface area contributed by atoms with Crippen LogP contribution in [-0.2, 0) is 9.53 Å². The van der Waals surface area contributed by atoms with Crippen LogP contribution >= 0.6 is 0 Å². The monoisotopic (exact) mass is 171 g/mol. The van der Waals surface area contributed by atoms with Gasteiger partial charge in [-0.15, -0.1) is 0 Å². The maximum Gasteiger partial charge on any atom is 0.248 e. The molecule has 0 heterocycles. The molecule has 0 aromatic heterocycles. The molecular formula is C9H17NO2. The number of hydrogen-bond donors (Lipinski definition) is 1. The zero-order chi connectivity index (χ0) is 9.40. The van der Waals surface area contributed by atoms with Crippen LogP contribution in [0.2, 0.25) is 0 Å². The van der Waals surface area contributed by atoms with E-state index in [1.807, 2.05) is 19.1 Å². The molecule has 1 amide bonds. The second kappa shape index (κ2) is 6.85. The summed E-state index contributed by atoms with van der Waals surface area (Å²) in [5.74, 6) is -0.0537. The lowest BCUT2D eigenvalue weighted by Gasteiger charge is -2.08. The third kappa shape index (κ3) is 4.91. The minimum Gasteiger partial charge on any atom is -0.372 e. The average Bonchev–Trinajstić information content (AvgIpc) is 2.10. The Labute approximate surface area is 73.8 Å². The third-order valence-electron chi connectivity index (χ3n) is 1.57. The van der Waals surface area contributed by atoms with Crippen LogP contribution in [0.25, 0.3) is 0 Å². The minimum absolute atomic E-state index is 0.0537. The zero-order valence-electron chi connectivity index (χ0n) is 7.96. The molecule has 12 heavy (non-hydrogen) atoms. The first-order chi connectivity index (χ1) is 5.72. The highest BCUT2D eigenvalue weighted by Crippen LogP contribution is 1.87. The number of carbonyl (C=O) groups is 1. The van der Waals surface area contributed by atoms with Gasteiger partial charge in [-0.3, -0.25) is 4.79 Å². The third-order valence-corrected chi connectivity index (χ3v) is 1.57. The van der Waals surface area contributed by atoms with Gasteiger partial charge in [0.25, 0.3) is 0 Å². The number of amides is 1. The standard InChI is InChI=1S/C9H17NO2/c1-4-5-6-7-10-9(11)8(2)12-3/h4-5,8H,6-7H2,1-3H3,(H,10,11)/b5-4+. The van der Waals surface area contributed by atoms with Gasteiger partial charge in [0.05, 0.1) is 0 Å². The van der Waals surface area contributed by atoms with Gasteiger partial charge in [0.1, 0.15) is 6.10 Å².